The summed E-state index contributed by atoms with van der Waals surface area (Å²) in [5.41, 5.74) is -2.14. The second-order valence-electron chi connectivity index (χ2n) is 9.23. The molecule has 43 heavy (non-hydrogen) atoms. The number of hydrogen-bond donors (Lipinski definition) is 3. The number of carbonyl (C=O) groups excluding carboxylic acids is 2. The van der Waals surface area contributed by atoms with E-state index < -0.39 is 67.1 Å². The molecule has 0 unspecified atom stereocenters. The highest BCUT2D eigenvalue weighted by molar-refractivity contribution is 6.30. The summed E-state index contributed by atoms with van der Waals surface area (Å²) in [6.07, 6.45) is -13.2. The van der Waals surface area contributed by atoms with Crippen LogP contribution in [-0.2, 0) is 33.6 Å². The zero-order valence-electron chi connectivity index (χ0n) is 22.4. The first-order chi connectivity index (χ1) is 20.1. The Labute approximate surface area is 245 Å². The van der Waals surface area contributed by atoms with Gasteiger partial charge in [0.15, 0.2) is 11.9 Å². The number of rotatable bonds is 12. The van der Waals surface area contributed by atoms with E-state index in [2.05, 4.69) is 15.7 Å². The number of hydrogen-bond acceptors (Lipinski definition) is 6. The Bertz CT molecular complexity index is 1470. The minimum absolute atomic E-state index is 0.0712. The summed E-state index contributed by atoms with van der Waals surface area (Å²) in [6, 6.07) is 8.11. The van der Waals surface area contributed by atoms with Crippen LogP contribution in [0.5, 0.6) is 0 Å². The number of amides is 2. The molecule has 17 heteroatoms. The first-order valence-corrected chi connectivity index (χ1v) is 12.9. The summed E-state index contributed by atoms with van der Waals surface area (Å²) >= 11 is 5.86. The van der Waals surface area contributed by atoms with Gasteiger partial charge in [-0.2, -0.15) is 26.3 Å². The van der Waals surface area contributed by atoms with E-state index >= 15 is 0 Å². The third-order valence-electron chi connectivity index (χ3n) is 6.02. The molecule has 10 nitrogen and oxygen atoms in total. The van der Waals surface area contributed by atoms with E-state index in [0.29, 0.717) is 9.25 Å². The fourth-order valence-corrected chi connectivity index (χ4v) is 4.03. The van der Waals surface area contributed by atoms with Crippen LogP contribution in [0.25, 0.3) is 11.4 Å². The van der Waals surface area contributed by atoms with Gasteiger partial charge in [-0.25, -0.2) is 9.48 Å². The predicted molar refractivity (Wildman–Crippen MR) is 141 cm³/mol. The average molecular weight is 638 g/mol. The monoisotopic (exact) mass is 637 g/mol. The number of aliphatic hydroxyl groups is 1. The Morgan fingerprint density at radius 2 is 1.74 bits per heavy atom. The molecule has 0 aliphatic carbocycles. The number of nitrogens with one attached hydrogen (secondary N) is 2. The van der Waals surface area contributed by atoms with Crippen LogP contribution in [0.3, 0.4) is 0 Å². The zero-order chi connectivity index (χ0) is 31.9. The number of halogens is 7. The van der Waals surface area contributed by atoms with Gasteiger partial charge in [0.2, 0.25) is 11.8 Å². The lowest BCUT2D eigenvalue weighted by atomic mass is 10.0. The maximum absolute atomic E-state index is 13.3. The fraction of sp³-hybridized carbons (Fsp3) is 0.385. The van der Waals surface area contributed by atoms with Gasteiger partial charge in [0, 0.05) is 24.2 Å². The van der Waals surface area contributed by atoms with Crippen molar-refractivity contribution >= 4 is 23.4 Å². The van der Waals surface area contributed by atoms with E-state index in [4.69, 9.17) is 16.3 Å². The molecule has 3 N–H and O–H groups in total. The van der Waals surface area contributed by atoms with Crippen molar-refractivity contribution in [2.45, 2.75) is 44.0 Å². The second-order valence-corrected chi connectivity index (χ2v) is 9.67. The van der Waals surface area contributed by atoms with Gasteiger partial charge >= 0.3 is 18.0 Å². The van der Waals surface area contributed by atoms with E-state index in [9.17, 15) is 45.8 Å². The van der Waals surface area contributed by atoms with Crippen molar-refractivity contribution in [2.75, 3.05) is 20.3 Å². The maximum atomic E-state index is 13.3. The first-order valence-electron chi connectivity index (χ1n) is 12.5. The standard InChI is InChI=1S/C26H26ClF6N5O5/c1-43-10-9-34-21(40)12-19(16-3-2-4-17(11-16)25(28,29)30)35-22(41)14-38-24(42)37(13-20(39)26(31,32)33)23(36-38)15-5-7-18(27)8-6-15/h2-8,11,19-20,39H,9-10,12-14H2,1H3,(H,34,40)(H,35,41)/t19-,20-/m0/s1. The largest absolute Gasteiger partial charge is 0.416 e. The van der Waals surface area contributed by atoms with Crippen LogP contribution in [0.4, 0.5) is 26.3 Å². The van der Waals surface area contributed by atoms with Crippen LogP contribution in [0, 0.1) is 0 Å². The highest BCUT2D eigenvalue weighted by Crippen LogP contribution is 2.31. The molecular formula is C26H26ClF6N5O5. The van der Waals surface area contributed by atoms with Crippen molar-refractivity contribution in [1.82, 2.24) is 25.0 Å². The Hall–Kier alpha value is -3.89. The molecule has 0 saturated carbocycles. The Kier molecular flexibility index (Phi) is 11.0. The quantitative estimate of drug-likeness (QED) is 0.207. The van der Waals surface area contributed by atoms with Crippen LogP contribution in [0.2, 0.25) is 5.02 Å². The molecule has 3 rings (SSSR count). The summed E-state index contributed by atoms with van der Waals surface area (Å²) in [6.45, 7) is -1.88. The zero-order valence-corrected chi connectivity index (χ0v) is 23.1. The van der Waals surface area contributed by atoms with E-state index in [0.717, 1.165) is 18.2 Å². The van der Waals surface area contributed by atoms with Crippen LogP contribution in [-0.4, -0.2) is 63.8 Å². The van der Waals surface area contributed by atoms with Crippen LogP contribution in [0.1, 0.15) is 23.6 Å². The molecule has 0 fully saturated rings. The smallest absolute Gasteiger partial charge is 0.383 e. The van der Waals surface area contributed by atoms with Crippen LogP contribution in [0.15, 0.2) is 53.3 Å². The van der Waals surface area contributed by atoms with Crippen molar-refractivity contribution in [1.29, 1.82) is 0 Å². The minimum atomic E-state index is -5.07. The second kappa shape index (κ2) is 14.1. The molecule has 0 radical (unpaired) electrons. The summed E-state index contributed by atoms with van der Waals surface area (Å²) in [4.78, 5) is 38.5. The van der Waals surface area contributed by atoms with E-state index in [-0.39, 0.29) is 35.1 Å². The minimum Gasteiger partial charge on any atom is -0.383 e. The average Bonchev–Trinajstić information content (AvgIpc) is 3.22. The highest BCUT2D eigenvalue weighted by atomic mass is 35.5. The predicted octanol–water partition coefficient (Wildman–Crippen LogP) is 3.32. The Morgan fingerprint density at radius 3 is 2.35 bits per heavy atom. The summed E-state index contributed by atoms with van der Waals surface area (Å²) < 4.78 is 85.2. The third kappa shape index (κ3) is 9.30. The number of aliphatic hydroxyl groups excluding tert-OH is 1. The van der Waals surface area contributed by atoms with Crippen LogP contribution < -0.4 is 16.3 Å². The fourth-order valence-electron chi connectivity index (χ4n) is 3.91. The SMILES string of the molecule is COCCNC(=O)C[C@H](NC(=O)Cn1nc(-c2ccc(Cl)cc2)n(C[C@H](O)C(F)(F)F)c1=O)c1cccc(C(F)(F)F)c1. The molecule has 0 bridgehead atoms. The van der Waals surface area contributed by atoms with Gasteiger partial charge in [0.25, 0.3) is 0 Å². The third-order valence-corrected chi connectivity index (χ3v) is 6.27. The van der Waals surface area contributed by atoms with Gasteiger partial charge < -0.3 is 20.5 Å². The molecule has 3 aromatic rings. The summed E-state index contributed by atoms with van der Waals surface area (Å²) in [5, 5.41) is 18.7. The molecule has 1 heterocycles. The molecule has 0 saturated heterocycles. The van der Waals surface area contributed by atoms with Crippen molar-refractivity contribution < 1.29 is 45.8 Å². The molecule has 0 aliphatic rings. The van der Waals surface area contributed by atoms with Crippen molar-refractivity contribution in [2.24, 2.45) is 0 Å². The lowest BCUT2D eigenvalue weighted by Gasteiger charge is -2.20. The van der Waals surface area contributed by atoms with E-state index in [1.807, 2.05) is 0 Å². The number of carbonyl (C=O) groups is 2. The lowest BCUT2D eigenvalue weighted by molar-refractivity contribution is -0.207. The van der Waals surface area contributed by atoms with Gasteiger partial charge in [0.1, 0.15) is 6.54 Å². The maximum Gasteiger partial charge on any atom is 0.416 e. The van der Waals surface area contributed by atoms with Crippen LogP contribution >= 0.6 is 11.6 Å². The normalized spacial score (nSPS) is 13.4. The number of benzene rings is 2. The molecule has 2 amide bonds. The van der Waals surface area contributed by atoms with Gasteiger partial charge in [0.05, 0.1) is 31.2 Å². The number of ether oxygens (including phenoxy) is 1. The number of methoxy groups -OCH3 is 1. The number of alkyl halides is 6. The topological polar surface area (TPSA) is 127 Å². The summed E-state index contributed by atoms with van der Waals surface area (Å²) in [7, 11) is 1.39. The number of nitrogens with zero attached hydrogens (tertiary/aromatic N) is 3. The van der Waals surface area contributed by atoms with Gasteiger partial charge in [-0.3, -0.25) is 14.2 Å². The first kappa shape index (κ1) is 33.6. The molecule has 0 spiro atoms. The lowest BCUT2D eigenvalue weighted by Crippen LogP contribution is -2.40. The van der Waals surface area contributed by atoms with E-state index in [1.165, 1.54) is 37.4 Å². The molecule has 0 aliphatic heterocycles. The molecule has 2 aromatic carbocycles. The number of aromatic nitrogens is 3. The Balaban J connectivity index is 1.92. The van der Waals surface area contributed by atoms with Gasteiger partial charge in [-0.1, -0.05) is 23.7 Å². The molecule has 2 atom stereocenters. The molecule has 234 valence electrons. The van der Waals surface area contributed by atoms with Gasteiger partial charge in [-0.15, -0.1) is 5.10 Å². The molecule has 1 aromatic heterocycles. The van der Waals surface area contributed by atoms with Crippen molar-refractivity contribution in [3.63, 3.8) is 0 Å². The van der Waals surface area contributed by atoms with Crippen molar-refractivity contribution in [3.8, 4) is 11.4 Å². The molecular weight excluding hydrogens is 612 g/mol. The van der Waals surface area contributed by atoms with Gasteiger partial charge in [-0.05, 0) is 42.0 Å². The van der Waals surface area contributed by atoms with E-state index in [1.54, 1.807) is 0 Å². The summed E-state index contributed by atoms with van der Waals surface area (Å²) in [5.74, 6) is -1.94. The highest BCUT2D eigenvalue weighted by Gasteiger charge is 2.39. The Morgan fingerprint density at radius 1 is 1.07 bits per heavy atom. The van der Waals surface area contributed by atoms with Crippen molar-refractivity contribution in [3.05, 3.63) is 75.2 Å².